The Hall–Kier alpha value is -6.16. The minimum Gasteiger partial charge on any atom is -0.309 e. The van der Waals surface area contributed by atoms with Crippen LogP contribution in [0.3, 0.4) is 0 Å². The third-order valence-corrected chi connectivity index (χ3v) is 16.4. The molecular weight excluding hydrogens is 738 g/mol. The zero-order valence-corrected chi connectivity index (χ0v) is 32.6. The van der Waals surface area contributed by atoms with Crippen LogP contribution in [0.1, 0.15) is 0 Å². The zero-order valence-electron chi connectivity index (χ0n) is 30.1. The Kier molecular flexibility index (Phi) is 7.86. The fourth-order valence-electron chi connectivity index (χ4n) is 8.27. The van der Waals surface area contributed by atoms with Crippen molar-refractivity contribution >= 4 is 97.0 Å². The van der Waals surface area contributed by atoms with Crippen LogP contribution < -0.4 is 15.9 Å². The third kappa shape index (κ3) is 5.29. The van der Waals surface area contributed by atoms with Crippen LogP contribution in [0.25, 0.3) is 84.8 Å². The largest absolute Gasteiger partial charge is 0.309 e. The molecule has 0 N–H and O–H groups in total. The van der Waals surface area contributed by atoms with Crippen LogP contribution in [0.5, 0.6) is 0 Å². The highest BCUT2D eigenvalue weighted by Gasteiger charge is 2.30. The lowest BCUT2D eigenvalue weighted by molar-refractivity contribution is 0.592. The molecule has 0 bridgehead atoms. The van der Waals surface area contributed by atoms with Gasteiger partial charge >= 0.3 is 0 Å². The molecule has 3 aromatic heterocycles. The Morgan fingerprint density at radius 2 is 0.964 bits per heavy atom. The van der Waals surface area contributed by atoms with Crippen LogP contribution >= 0.6 is 29.8 Å². The van der Waals surface area contributed by atoms with Gasteiger partial charge < -0.3 is 4.57 Å². The van der Waals surface area contributed by atoms with Crippen molar-refractivity contribution in [2.75, 3.05) is 0 Å². The zero-order chi connectivity index (χ0) is 37.2. The minimum atomic E-state index is -3.13. The van der Waals surface area contributed by atoms with Crippen LogP contribution in [-0.4, -0.2) is 4.98 Å². The SMILES string of the molecule is O=P(c1ccccc1)(c1ccccc1)c1cccc(-c2cccc(-c3nc4ccc(-c5cccc6c5sc5ccccc56)cc4c4c3sc3ccccc34)c2)c1. The van der Waals surface area contributed by atoms with Gasteiger partial charge in [-0.15, -0.1) is 22.7 Å². The number of benzene rings is 8. The maximum Gasteiger partial charge on any atom is 0.171 e. The molecule has 5 heteroatoms. The highest BCUT2D eigenvalue weighted by atomic mass is 32.1. The van der Waals surface area contributed by atoms with Gasteiger partial charge in [0.15, 0.2) is 7.14 Å². The second-order valence-electron chi connectivity index (χ2n) is 14.2. The summed E-state index contributed by atoms with van der Waals surface area (Å²) in [5.74, 6) is 0. The van der Waals surface area contributed by atoms with Crippen molar-refractivity contribution in [3.63, 3.8) is 0 Å². The molecule has 0 atom stereocenters. The molecular formula is C51H32NOPS2. The van der Waals surface area contributed by atoms with Crippen molar-refractivity contribution in [1.82, 2.24) is 4.98 Å². The average Bonchev–Trinajstić information content (AvgIpc) is 3.86. The Labute approximate surface area is 332 Å². The van der Waals surface area contributed by atoms with Gasteiger partial charge in [0.1, 0.15) is 0 Å². The summed E-state index contributed by atoms with van der Waals surface area (Å²) in [6, 6.07) is 67.6. The van der Waals surface area contributed by atoms with E-state index in [9.17, 15) is 0 Å². The number of rotatable bonds is 6. The summed E-state index contributed by atoms with van der Waals surface area (Å²) >= 11 is 3.68. The molecule has 0 amide bonds. The van der Waals surface area contributed by atoms with Crippen LogP contribution in [0.4, 0.5) is 0 Å². The van der Waals surface area contributed by atoms with Crippen molar-refractivity contribution in [2.45, 2.75) is 0 Å². The molecule has 0 saturated heterocycles. The van der Waals surface area contributed by atoms with E-state index >= 15 is 4.57 Å². The monoisotopic (exact) mass is 769 g/mol. The third-order valence-electron chi connectivity index (χ3n) is 10.9. The molecule has 0 fully saturated rings. The first-order valence-electron chi connectivity index (χ1n) is 18.7. The molecule has 0 radical (unpaired) electrons. The van der Waals surface area contributed by atoms with Gasteiger partial charge in [0, 0.05) is 62.5 Å². The number of pyridine rings is 1. The standard InChI is InChI=1S/C51H32NOPS2/c53-54(37-17-3-1-4-18-37,38-19-5-2-6-20-38)39-21-12-15-34(31-39)33-14-11-16-36(30-33)49-51-48(43-23-8-10-27-47(43)56-51)44-32-35(28-29-45(44)52-49)40-24-13-25-42-41-22-7-9-26-46(41)55-50(40)42/h1-32H. The van der Waals surface area contributed by atoms with Gasteiger partial charge in [0.05, 0.1) is 15.9 Å². The predicted molar refractivity (Wildman–Crippen MR) is 243 cm³/mol. The first-order chi connectivity index (χ1) is 27.6. The Balaban J connectivity index is 1.07. The van der Waals surface area contributed by atoms with Gasteiger partial charge in [-0.2, -0.15) is 0 Å². The summed E-state index contributed by atoms with van der Waals surface area (Å²) in [5, 5.41) is 8.74. The molecule has 264 valence electrons. The van der Waals surface area contributed by atoms with E-state index in [4.69, 9.17) is 4.98 Å². The van der Waals surface area contributed by atoms with Crippen LogP contribution in [0, 0.1) is 0 Å². The molecule has 0 aliphatic heterocycles. The maximum atomic E-state index is 15.3. The summed E-state index contributed by atoms with van der Waals surface area (Å²) in [6.45, 7) is 0. The summed E-state index contributed by atoms with van der Waals surface area (Å²) in [7, 11) is -3.13. The highest BCUT2D eigenvalue weighted by molar-refractivity contribution is 7.85. The molecule has 0 aliphatic carbocycles. The number of thiophene rings is 2. The Morgan fingerprint density at radius 3 is 1.73 bits per heavy atom. The van der Waals surface area contributed by atoms with E-state index in [0.717, 1.165) is 43.8 Å². The highest BCUT2D eigenvalue weighted by Crippen LogP contribution is 2.46. The molecule has 0 spiro atoms. The second-order valence-corrected chi connectivity index (χ2v) is 19.1. The van der Waals surface area contributed by atoms with E-state index in [2.05, 4.69) is 121 Å². The maximum absolute atomic E-state index is 15.3. The molecule has 11 rings (SSSR count). The second kappa shape index (κ2) is 13.3. The lowest BCUT2D eigenvalue weighted by Crippen LogP contribution is -2.25. The fraction of sp³-hybridized carbons (Fsp3) is 0. The topological polar surface area (TPSA) is 30.0 Å². The minimum absolute atomic E-state index is 0.815. The van der Waals surface area contributed by atoms with Gasteiger partial charge in [-0.25, -0.2) is 4.98 Å². The molecule has 3 heterocycles. The molecule has 8 aromatic carbocycles. The van der Waals surface area contributed by atoms with Crippen LogP contribution in [0.2, 0.25) is 0 Å². The summed E-state index contributed by atoms with van der Waals surface area (Å²) in [6.07, 6.45) is 0. The van der Waals surface area contributed by atoms with Gasteiger partial charge in [0.25, 0.3) is 0 Å². The lowest BCUT2D eigenvalue weighted by Gasteiger charge is -2.20. The molecule has 2 nitrogen and oxygen atoms in total. The number of aromatic nitrogens is 1. The molecule has 11 aromatic rings. The van der Waals surface area contributed by atoms with Crippen molar-refractivity contribution in [3.05, 3.63) is 194 Å². The molecule has 0 aliphatic rings. The first kappa shape index (κ1) is 33.2. The van der Waals surface area contributed by atoms with E-state index in [-0.39, 0.29) is 0 Å². The summed E-state index contributed by atoms with van der Waals surface area (Å²) in [5.41, 5.74) is 7.53. The van der Waals surface area contributed by atoms with Crippen molar-refractivity contribution in [3.8, 4) is 33.5 Å². The summed E-state index contributed by atoms with van der Waals surface area (Å²) in [4.78, 5) is 5.44. The van der Waals surface area contributed by atoms with Gasteiger partial charge in [0.2, 0.25) is 0 Å². The number of hydrogen-bond donors (Lipinski definition) is 0. The number of hydrogen-bond acceptors (Lipinski definition) is 4. The number of nitrogens with zero attached hydrogens (tertiary/aromatic N) is 1. The Bertz CT molecular complexity index is 3300. The number of fused-ring (bicyclic) bond motifs is 8. The van der Waals surface area contributed by atoms with Gasteiger partial charge in [-0.3, -0.25) is 0 Å². The Morgan fingerprint density at radius 1 is 0.393 bits per heavy atom. The van der Waals surface area contributed by atoms with E-state index in [1.54, 1.807) is 0 Å². The smallest absolute Gasteiger partial charge is 0.171 e. The van der Waals surface area contributed by atoms with Crippen molar-refractivity contribution < 1.29 is 4.57 Å². The predicted octanol–water partition coefficient (Wildman–Crippen LogP) is 13.6. The van der Waals surface area contributed by atoms with Crippen molar-refractivity contribution in [2.24, 2.45) is 0 Å². The van der Waals surface area contributed by atoms with Crippen LogP contribution in [-0.2, 0) is 4.57 Å². The first-order valence-corrected chi connectivity index (χ1v) is 22.1. The average molecular weight is 770 g/mol. The van der Waals surface area contributed by atoms with E-state index in [1.807, 2.05) is 95.5 Å². The van der Waals surface area contributed by atoms with E-state index in [1.165, 1.54) is 56.9 Å². The molecule has 0 unspecified atom stereocenters. The van der Waals surface area contributed by atoms with Gasteiger partial charge in [-0.05, 0) is 58.7 Å². The van der Waals surface area contributed by atoms with Crippen molar-refractivity contribution in [1.29, 1.82) is 0 Å². The normalized spacial score (nSPS) is 12.0. The molecule has 0 saturated carbocycles. The van der Waals surface area contributed by atoms with Gasteiger partial charge in [-0.1, -0.05) is 158 Å². The fourth-order valence-corrected chi connectivity index (χ4v) is 13.4. The van der Waals surface area contributed by atoms with E-state index < -0.39 is 7.14 Å². The summed E-state index contributed by atoms with van der Waals surface area (Å²) < 4.78 is 20.3. The quantitative estimate of drug-likeness (QED) is 0.158. The lowest BCUT2D eigenvalue weighted by atomic mass is 9.97. The van der Waals surface area contributed by atoms with Crippen LogP contribution in [0.15, 0.2) is 194 Å². The van der Waals surface area contributed by atoms with E-state index in [0.29, 0.717) is 0 Å². The molecule has 56 heavy (non-hydrogen) atoms.